The molecule has 0 bridgehead atoms. The van der Waals surface area contributed by atoms with Gasteiger partial charge in [0.2, 0.25) is 5.91 Å². The van der Waals surface area contributed by atoms with E-state index in [1.165, 1.54) is 4.68 Å². The maximum absolute atomic E-state index is 12.9. The number of benzene rings is 2. The van der Waals surface area contributed by atoms with Crippen molar-refractivity contribution in [1.29, 1.82) is 0 Å². The van der Waals surface area contributed by atoms with E-state index in [9.17, 15) is 9.59 Å². The van der Waals surface area contributed by atoms with E-state index < -0.39 is 6.04 Å². The Morgan fingerprint density at radius 3 is 2.62 bits per heavy atom. The van der Waals surface area contributed by atoms with Crippen molar-refractivity contribution in [2.24, 2.45) is 7.05 Å². The Morgan fingerprint density at radius 2 is 1.86 bits per heavy atom. The number of nitrogens with zero attached hydrogens (tertiary/aromatic N) is 3. The lowest BCUT2D eigenvalue weighted by Gasteiger charge is -2.16. The van der Waals surface area contributed by atoms with Gasteiger partial charge in [0.25, 0.3) is 5.56 Å². The Morgan fingerprint density at radius 1 is 1.14 bits per heavy atom. The second kappa shape index (κ2) is 7.72. The van der Waals surface area contributed by atoms with Crippen LogP contribution in [0.4, 0.5) is 0 Å². The molecular formula is C22H21ClN4O2. The molecule has 0 aliphatic heterocycles. The van der Waals surface area contributed by atoms with E-state index >= 15 is 0 Å². The highest BCUT2D eigenvalue weighted by Gasteiger charge is 2.22. The first-order valence-electron chi connectivity index (χ1n) is 9.44. The van der Waals surface area contributed by atoms with Crippen LogP contribution >= 0.6 is 11.6 Å². The van der Waals surface area contributed by atoms with Gasteiger partial charge in [-0.25, -0.2) is 4.68 Å². The summed E-state index contributed by atoms with van der Waals surface area (Å²) in [6.07, 6.45) is 2.38. The highest BCUT2D eigenvalue weighted by Crippen LogP contribution is 2.29. The van der Waals surface area contributed by atoms with E-state index in [1.54, 1.807) is 13.2 Å². The Hall–Kier alpha value is -3.12. The lowest BCUT2D eigenvalue weighted by atomic mass is 10.1. The quantitative estimate of drug-likeness (QED) is 0.549. The van der Waals surface area contributed by atoms with Crippen LogP contribution in [0.1, 0.15) is 18.5 Å². The minimum absolute atomic E-state index is 0.138. The van der Waals surface area contributed by atoms with E-state index in [1.807, 2.05) is 60.0 Å². The Labute approximate surface area is 172 Å². The van der Waals surface area contributed by atoms with Crippen LogP contribution in [0.25, 0.3) is 21.8 Å². The van der Waals surface area contributed by atoms with E-state index in [-0.39, 0.29) is 11.5 Å². The molecule has 6 nitrogen and oxygen atoms in total. The molecule has 0 aliphatic carbocycles. The molecule has 0 spiro atoms. The molecule has 4 aromatic rings. The molecular weight excluding hydrogens is 388 g/mol. The summed E-state index contributed by atoms with van der Waals surface area (Å²) < 4.78 is 3.11. The first kappa shape index (κ1) is 19.2. The molecule has 148 valence electrons. The number of fused-ring (bicyclic) bond motifs is 3. The van der Waals surface area contributed by atoms with Gasteiger partial charge >= 0.3 is 0 Å². The second-order valence-corrected chi connectivity index (χ2v) is 7.50. The number of aromatic nitrogens is 3. The number of amides is 1. The summed E-state index contributed by atoms with van der Waals surface area (Å²) in [4.78, 5) is 25.7. The predicted molar refractivity (Wildman–Crippen MR) is 115 cm³/mol. The van der Waals surface area contributed by atoms with Crippen LogP contribution in [0.5, 0.6) is 0 Å². The van der Waals surface area contributed by atoms with Crippen molar-refractivity contribution in [3.63, 3.8) is 0 Å². The summed E-state index contributed by atoms with van der Waals surface area (Å²) in [5, 5.41) is 9.48. The molecule has 1 unspecified atom stereocenters. The van der Waals surface area contributed by atoms with Gasteiger partial charge in [-0.3, -0.25) is 9.59 Å². The maximum atomic E-state index is 12.9. The number of para-hydroxylation sites is 1. The van der Waals surface area contributed by atoms with Crippen molar-refractivity contribution < 1.29 is 4.79 Å². The fraction of sp³-hybridized carbons (Fsp3) is 0.227. The van der Waals surface area contributed by atoms with Crippen LogP contribution in [0.2, 0.25) is 5.02 Å². The number of halogens is 1. The van der Waals surface area contributed by atoms with Crippen LogP contribution in [0.3, 0.4) is 0 Å². The summed E-state index contributed by atoms with van der Waals surface area (Å²) in [6.45, 7) is 2.31. The van der Waals surface area contributed by atoms with Crippen LogP contribution < -0.4 is 10.9 Å². The van der Waals surface area contributed by atoms with E-state index in [4.69, 9.17) is 11.6 Å². The second-order valence-electron chi connectivity index (χ2n) is 7.07. The average molecular weight is 409 g/mol. The van der Waals surface area contributed by atoms with Crippen LogP contribution in [0.15, 0.2) is 59.5 Å². The number of aryl methyl sites for hydroxylation is 1. The van der Waals surface area contributed by atoms with E-state index in [0.717, 1.165) is 21.9 Å². The SMILES string of the molecule is CC(C(=O)NCCc1ccc(Cl)cc1)n1c2ccccc2c2cnn(C)c(=O)c21. The van der Waals surface area contributed by atoms with Crippen LogP contribution in [-0.2, 0) is 18.3 Å². The van der Waals surface area contributed by atoms with Gasteiger partial charge in [-0.05, 0) is 37.1 Å². The average Bonchev–Trinajstić information content (AvgIpc) is 3.06. The van der Waals surface area contributed by atoms with Gasteiger partial charge in [-0.15, -0.1) is 0 Å². The molecule has 0 aliphatic rings. The number of hydrogen-bond acceptors (Lipinski definition) is 3. The number of hydrogen-bond donors (Lipinski definition) is 1. The normalized spacial score (nSPS) is 12.4. The molecule has 0 fully saturated rings. The number of carbonyl (C=O) groups excluding carboxylic acids is 1. The van der Waals surface area contributed by atoms with Crippen molar-refractivity contribution in [2.45, 2.75) is 19.4 Å². The van der Waals surface area contributed by atoms with Crippen molar-refractivity contribution >= 4 is 39.3 Å². The third kappa shape index (κ3) is 3.51. The molecule has 1 atom stereocenters. The molecule has 2 aromatic carbocycles. The Bertz CT molecular complexity index is 1260. The van der Waals surface area contributed by atoms with Gasteiger partial charge < -0.3 is 9.88 Å². The predicted octanol–water partition coefficient (Wildman–Crippen LogP) is 3.46. The first-order valence-corrected chi connectivity index (χ1v) is 9.82. The van der Waals surface area contributed by atoms with Gasteiger partial charge in [0.05, 0.1) is 11.7 Å². The molecule has 0 saturated carbocycles. The number of rotatable bonds is 5. The summed E-state index contributed by atoms with van der Waals surface area (Å²) >= 11 is 5.91. The van der Waals surface area contributed by atoms with Gasteiger partial charge in [-0.1, -0.05) is 41.9 Å². The minimum Gasteiger partial charge on any atom is -0.354 e. The minimum atomic E-state index is -0.544. The molecule has 0 saturated heterocycles. The molecule has 0 radical (unpaired) electrons. The van der Waals surface area contributed by atoms with E-state index in [0.29, 0.717) is 23.5 Å². The molecule has 7 heteroatoms. The Kier molecular flexibility index (Phi) is 5.11. The summed E-state index contributed by atoms with van der Waals surface area (Å²) in [5.41, 5.74) is 2.20. The molecule has 2 heterocycles. The smallest absolute Gasteiger partial charge is 0.291 e. The molecule has 1 amide bonds. The van der Waals surface area contributed by atoms with Gasteiger partial charge in [0.15, 0.2) is 0 Å². The standard InChI is InChI=1S/C22H21ClN4O2/c1-14(21(28)24-12-11-15-7-9-16(23)10-8-15)27-19-6-4-3-5-17(19)18-13-25-26(2)22(29)20(18)27/h3-10,13-14H,11-12H2,1-2H3,(H,24,28). The zero-order chi connectivity index (χ0) is 20.5. The topological polar surface area (TPSA) is 68.9 Å². The van der Waals surface area contributed by atoms with E-state index in [2.05, 4.69) is 10.4 Å². The lowest BCUT2D eigenvalue weighted by molar-refractivity contribution is -0.123. The molecule has 4 rings (SSSR count). The fourth-order valence-corrected chi connectivity index (χ4v) is 3.76. The van der Waals surface area contributed by atoms with Crippen molar-refractivity contribution in [3.05, 3.63) is 75.7 Å². The van der Waals surface area contributed by atoms with Crippen LogP contribution in [0, 0.1) is 0 Å². The molecule has 2 aromatic heterocycles. The zero-order valence-electron chi connectivity index (χ0n) is 16.2. The first-order chi connectivity index (χ1) is 14.0. The zero-order valence-corrected chi connectivity index (χ0v) is 17.0. The maximum Gasteiger partial charge on any atom is 0.291 e. The largest absolute Gasteiger partial charge is 0.354 e. The monoisotopic (exact) mass is 408 g/mol. The Balaban J connectivity index is 1.64. The third-order valence-electron chi connectivity index (χ3n) is 5.20. The van der Waals surface area contributed by atoms with Crippen LogP contribution in [-0.4, -0.2) is 26.8 Å². The highest BCUT2D eigenvalue weighted by atomic mass is 35.5. The van der Waals surface area contributed by atoms with Crippen molar-refractivity contribution in [2.75, 3.05) is 6.54 Å². The van der Waals surface area contributed by atoms with Gasteiger partial charge in [0, 0.05) is 29.4 Å². The lowest BCUT2D eigenvalue weighted by Crippen LogP contribution is -2.33. The van der Waals surface area contributed by atoms with Crippen molar-refractivity contribution in [3.8, 4) is 0 Å². The van der Waals surface area contributed by atoms with Gasteiger partial charge in [0.1, 0.15) is 11.6 Å². The summed E-state index contributed by atoms with van der Waals surface area (Å²) in [7, 11) is 1.61. The summed E-state index contributed by atoms with van der Waals surface area (Å²) in [6, 6.07) is 14.7. The summed E-state index contributed by atoms with van der Waals surface area (Å²) in [5.74, 6) is -0.138. The number of nitrogens with one attached hydrogen (secondary N) is 1. The third-order valence-corrected chi connectivity index (χ3v) is 5.45. The molecule has 1 N–H and O–H groups in total. The fourth-order valence-electron chi connectivity index (χ4n) is 3.64. The highest BCUT2D eigenvalue weighted by molar-refractivity contribution is 6.30. The molecule has 29 heavy (non-hydrogen) atoms. The van der Waals surface area contributed by atoms with Crippen molar-refractivity contribution in [1.82, 2.24) is 19.7 Å². The van der Waals surface area contributed by atoms with Gasteiger partial charge in [-0.2, -0.15) is 5.10 Å². The number of carbonyl (C=O) groups is 1.